The molecule has 1 amide bonds. The summed E-state index contributed by atoms with van der Waals surface area (Å²) in [5, 5.41) is 0. The molecule has 0 unspecified atom stereocenters. The Kier molecular flexibility index (Phi) is 6.73. The number of rotatable bonds is 7. The number of unbranched alkanes of at least 4 members (excludes halogenated alkanes) is 1. The summed E-state index contributed by atoms with van der Waals surface area (Å²) < 4.78 is 13.5. The van der Waals surface area contributed by atoms with Gasteiger partial charge in [0.05, 0.1) is 36.5 Å². The van der Waals surface area contributed by atoms with Crippen LogP contribution in [0.2, 0.25) is 0 Å². The van der Waals surface area contributed by atoms with Crippen LogP contribution in [0.5, 0.6) is 11.5 Å². The Morgan fingerprint density at radius 3 is 2.72 bits per heavy atom. The van der Waals surface area contributed by atoms with E-state index in [0.29, 0.717) is 28.4 Å². The summed E-state index contributed by atoms with van der Waals surface area (Å²) in [7, 11) is 3.07. The number of nitrogens with zero attached hydrogens (tertiary/aromatic N) is 2. The van der Waals surface area contributed by atoms with E-state index in [1.807, 2.05) is 4.57 Å². The van der Waals surface area contributed by atoms with Crippen LogP contribution in [0.25, 0.3) is 10.2 Å². The fourth-order valence-corrected chi connectivity index (χ4v) is 4.20. The number of hydrogen-bond donors (Lipinski definition) is 0. The van der Waals surface area contributed by atoms with Gasteiger partial charge in [-0.2, -0.15) is 4.99 Å². The van der Waals surface area contributed by atoms with Gasteiger partial charge in [-0.05, 0) is 48.7 Å². The molecule has 0 aliphatic heterocycles. The third kappa shape index (κ3) is 4.52. The van der Waals surface area contributed by atoms with Gasteiger partial charge < -0.3 is 14.0 Å². The molecule has 29 heavy (non-hydrogen) atoms. The summed E-state index contributed by atoms with van der Waals surface area (Å²) >= 11 is 1.47. The van der Waals surface area contributed by atoms with Crippen LogP contribution in [0.15, 0.2) is 41.4 Å². The molecule has 1 aromatic heterocycles. The number of aromatic nitrogens is 1. The molecule has 0 spiro atoms. The average molecular weight is 409 g/mol. The molecular weight excluding hydrogens is 384 g/mol. The smallest absolute Gasteiger partial charge is 0.283 e. The third-order valence-corrected chi connectivity index (χ3v) is 5.69. The summed E-state index contributed by atoms with van der Waals surface area (Å²) in [5.41, 5.74) is 2.61. The van der Waals surface area contributed by atoms with Crippen molar-refractivity contribution < 1.29 is 14.3 Å². The highest BCUT2D eigenvalue weighted by atomic mass is 32.1. The summed E-state index contributed by atoms with van der Waals surface area (Å²) in [6.45, 7) is 2.52. The first-order valence-corrected chi connectivity index (χ1v) is 10.3. The predicted molar refractivity (Wildman–Crippen MR) is 117 cm³/mol. The topological polar surface area (TPSA) is 52.8 Å². The molecule has 0 fully saturated rings. The van der Waals surface area contributed by atoms with Crippen molar-refractivity contribution in [2.24, 2.45) is 4.99 Å². The fraction of sp³-hybridized carbons (Fsp3) is 0.304. The summed E-state index contributed by atoms with van der Waals surface area (Å²) in [6, 6.07) is 11.4. The standard InChI is InChI=1S/C23H24N2O3S/c1-5-7-8-16-9-11-19-21(14-16)29-23(25(19)13-6-2)24-22(26)18-15-17(27-3)10-12-20(18)28-4/h2,9-12,14-15H,5,7-8,13H2,1,3-4H3. The quantitative estimate of drug-likeness (QED) is 0.543. The molecule has 3 rings (SSSR count). The maximum absolute atomic E-state index is 12.9. The van der Waals surface area contributed by atoms with Crippen LogP contribution < -0.4 is 14.3 Å². The second-order valence-corrected chi connectivity index (χ2v) is 7.57. The molecule has 5 nitrogen and oxygen atoms in total. The Labute approximate surface area is 174 Å². The highest BCUT2D eigenvalue weighted by Crippen LogP contribution is 2.25. The summed E-state index contributed by atoms with van der Waals surface area (Å²) in [6.07, 6.45) is 8.90. The summed E-state index contributed by atoms with van der Waals surface area (Å²) in [5.74, 6) is 3.28. The number of terminal acetylenes is 1. The second-order valence-electron chi connectivity index (χ2n) is 6.56. The van der Waals surface area contributed by atoms with E-state index >= 15 is 0 Å². The van der Waals surface area contributed by atoms with Crippen molar-refractivity contribution in [3.8, 4) is 23.8 Å². The van der Waals surface area contributed by atoms with E-state index in [2.05, 4.69) is 36.0 Å². The Morgan fingerprint density at radius 1 is 1.21 bits per heavy atom. The summed E-state index contributed by atoms with van der Waals surface area (Å²) in [4.78, 5) is 17.9. The largest absolute Gasteiger partial charge is 0.497 e. The van der Waals surface area contributed by atoms with E-state index in [1.54, 1.807) is 25.3 Å². The van der Waals surface area contributed by atoms with Crippen LogP contribution >= 0.6 is 11.3 Å². The first-order valence-electron chi connectivity index (χ1n) is 9.48. The van der Waals surface area contributed by atoms with E-state index < -0.39 is 5.91 Å². The average Bonchev–Trinajstić information content (AvgIpc) is 3.08. The van der Waals surface area contributed by atoms with Crippen molar-refractivity contribution >= 4 is 27.5 Å². The number of benzene rings is 2. The van der Waals surface area contributed by atoms with Gasteiger partial charge in [-0.15, -0.1) is 6.42 Å². The van der Waals surface area contributed by atoms with Gasteiger partial charge in [0.15, 0.2) is 4.80 Å². The monoisotopic (exact) mass is 408 g/mol. The van der Waals surface area contributed by atoms with Crippen LogP contribution in [0.3, 0.4) is 0 Å². The number of ether oxygens (including phenoxy) is 2. The van der Waals surface area contributed by atoms with Crippen molar-refractivity contribution in [2.75, 3.05) is 14.2 Å². The molecule has 1 heterocycles. The van der Waals surface area contributed by atoms with Gasteiger partial charge in [0.2, 0.25) is 0 Å². The highest BCUT2D eigenvalue weighted by Gasteiger charge is 2.15. The number of hydrogen-bond acceptors (Lipinski definition) is 4. The van der Waals surface area contributed by atoms with Gasteiger partial charge >= 0.3 is 0 Å². The molecule has 0 atom stereocenters. The molecule has 150 valence electrons. The van der Waals surface area contributed by atoms with E-state index in [-0.39, 0.29) is 0 Å². The number of carbonyl (C=O) groups excluding carboxylic acids is 1. The Balaban J connectivity index is 2.10. The molecule has 0 bridgehead atoms. The predicted octanol–water partition coefficient (Wildman–Crippen LogP) is 4.44. The minimum Gasteiger partial charge on any atom is -0.497 e. The van der Waals surface area contributed by atoms with Gasteiger partial charge in [0.1, 0.15) is 11.5 Å². The maximum atomic E-state index is 12.9. The normalized spacial score (nSPS) is 11.4. The first kappa shape index (κ1) is 20.7. The number of carbonyl (C=O) groups is 1. The van der Waals surface area contributed by atoms with Crippen LogP contribution in [0.1, 0.15) is 35.7 Å². The van der Waals surface area contributed by atoms with E-state index in [4.69, 9.17) is 15.9 Å². The van der Waals surface area contributed by atoms with E-state index in [1.165, 1.54) is 24.0 Å². The molecule has 0 N–H and O–H groups in total. The lowest BCUT2D eigenvalue weighted by Crippen LogP contribution is -2.16. The molecule has 0 saturated carbocycles. The van der Waals surface area contributed by atoms with Crippen molar-refractivity contribution in [3.05, 3.63) is 52.3 Å². The number of methoxy groups -OCH3 is 2. The van der Waals surface area contributed by atoms with Crippen molar-refractivity contribution in [2.45, 2.75) is 32.7 Å². The zero-order valence-corrected chi connectivity index (χ0v) is 17.7. The Bertz CT molecular complexity index is 1140. The second kappa shape index (κ2) is 9.44. The molecule has 2 aromatic carbocycles. The van der Waals surface area contributed by atoms with Gasteiger partial charge in [0, 0.05) is 0 Å². The van der Waals surface area contributed by atoms with Crippen LogP contribution in [-0.2, 0) is 13.0 Å². The molecule has 0 saturated heterocycles. The Hall–Kier alpha value is -3.04. The zero-order valence-electron chi connectivity index (χ0n) is 16.9. The molecule has 0 radical (unpaired) electrons. The first-order chi connectivity index (χ1) is 14.1. The van der Waals surface area contributed by atoms with Crippen molar-refractivity contribution in [1.29, 1.82) is 0 Å². The molecule has 0 aliphatic carbocycles. The molecule has 0 aliphatic rings. The number of aryl methyl sites for hydroxylation is 1. The molecular formula is C23H24N2O3S. The van der Waals surface area contributed by atoms with Crippen LogP contribution in [0, 0.1) is 12.3 Å². The third-order valence-electron chi connectivity index (χ3n) is 4.65. The lowest BCUT2D eigenvalue weighted by molar-refractivity contribution is 0.0994. The van der Waals surface area contributed by atoms with Crippen LogP contribution in [0.4, 0.5) is 0 Å². The lowest BCUT2D eigenvalue weighted by Gasteiger charge is -2.07. The Morgan fingerprint density at radius 2 is 2.03 bits per heavy atom. The fourth-order valence-electron chi connectivity index (χ4n) is 3.11. The van der Waals surface area contributed by atoms with Gasteiger partial charge in [0.25, 0.3) is 5.91 Å². The number of thiazole rings is 1. The molecule has 3 aromatic rings. The van der Waals surface area contributed by atoms with E-state index in [0.717, 1.165) is 29.5 Å². The highest BCUT2D eigenvalue weighted by molar-refractivity contribution is 7.16. The minimum absolute atomic E-state index is 0.343. The van der Waals surface area contributed by atoms with Crippen molar-refractivity contribution in [3.63, 3.8) is 0 Å². The maximum Gasteiger partial charge on any atom is 0.283 e. The van der Waals surface area contributed by atoms with Crippen LogP contribution in [-0.4, -0.2) is 24.7 Å². The van der Waals surface area contributed by atoms with Gasteiger partial charge in [-0.3, -0.25) is 4.79 Å². The zero-order chi connectivity index (χ0) is 20.8. The van der Waals surface area contributed by atoms with Gasteiger partial charge in [-0.25, -0.2) is 0 Å². The minimum atomic E-state index is -0.399. The van der Waals surface area contributed by atoms with E-state index in [9.17, 15) is 4.79 Å². The molecule has 6 heteroatoms. The number of fused-ring (bicyclic) bond motifs is 1. The van der Waals surface area contributed by atoms with Crippen molar-refractivity contribution in [1.82, 2.24) is 4.57 Å². The number of amides is 1. The SMILES string of the molecule is C#CCn1c(=NC(=O)c2cc(OC)ccc2OC)sc2cc(CCCC)ccc21. The van der Waals surface area contributed by atoms with Gasteiger partial charge in [-0.1, -0.05) is 36.7 Å². The lowest BCUT2D eigenvalue weighted by atomic mass is 10.1.